The molecular formula is C23H20ClIN4O4. The van der Waals surface area contributed by atoms with Crippen LogP contribution in [-0.2, 0) is 19.1 Å². The Morgan fingerprint density at radius 2 is 1.70 bits per heavy atom. The molecule has 0 aliphatic carbocycles. The maximum atomic E-state index is 12.9. The number of hydrogen-bond donors (Lipinski definition) is 2. The van der Waals surface area contributed by atoms with Gasteiger partial charge in [-0.3, -0.25) is 0 Å². The van der Waals surface area contributed by atoms with Crippen LogP contribution in [0, 0.1) is 11.3 Å². The molecule has 0 spiro atoms. The highest BCUT2D eigenvalue weighted by molar-refractivity contribution is 6.30. The largest absolute Gasteiger partial charge is 1.00 e. The molecule has 0 saturated carbocycles. The molecule has 10 heteroatoms. The van der Waals surface area contributed by atoms with Gasteiger partial charge in [0.2, 0.25) is 5.70 Å². The monoisotopic (exact) mass is 578 g/mol. The normalized spacial score (nSPS) is 15.7. The molecule has 33 heavy (non-hydrogen) atoms. The number of nitrogens with one attached hydrogen (secondary N) is 1. The molecule has 0 fully saturated rings. The highest BCUT2D eigenvalue weighted by Gasteiger charge is 2.44. The Bertz CT molecular complexity index is 1170. The molecule has 3 rings (SSSR count). The number of halogens is 2. The minimum Gasteiger partial charge on any atom is -1.00 e. The number of esters is 2. The molecule has 1 atom stereocenters. The fraction of sp³-hybridized carbons (Fsp3) is 0.130. The third-order valence-corrected chi connectivity index (χ3v) is 5.09. The Balaban J connectivity index is 0.00000385. The van der Waals surface area contributed by atoms with Gasteiger partial charge in [0.05, 0.1) is 37.4 Å². The summed E-state index contributed by atoms with van der Waals surface area (Å²) in [5, 5.41) is 14.4. The summed E-state index contributed by atoms with van der Waals surface area (Å²) in [6, 6.07) is 17.7. The average molecular weight is 579 g/mol. The van der Waals surface area contributed by atoms with Gasteiger partial charge in [-0.25, -0.2) is 9.59 Å². The summed E-state index contributed by atoms with van der Waals surface area (Å²) in [6.07, 6.45) is 1.57. The summed E-state index contributed by atoms with van der Waals surface area (Å²) < 4.78 is 9.90. The standard InChI is InChI=1S/C23H19ClN4O4.HI/c1-31-22(29)19-18(15-8-10-16(24)11-9-15)17(12-25)21(26)28(20(19)23(30)32-2)27-13-14-6-4-3-5-7-14;/h3-11,13,18H,26H2,1-2H3;1H/b27-13+;. The molecule has 1 unspecified atom stereocenters. The van der Waals surface area contributed by atoms with Gasteiger partial charge in [-0.2, -0.15) is 5.26 Å². The highest BCUT2D eigenvalue weighted by Crippen LogP contribution is 2.40. The van der Waals surface area contributed by atoms with E-state index in [-0.39, 0.29) is 46.6 Å². The fourth-order valence-electron chi connectivity index (χ4n) is 3.35. The van der Waals surface area contributed by atoms with Crippen molar-refractivity contribution < 1.29 is 48.1 Å². The summed E-state index contributed by atoms with van der Waals surface area (Å²) in [5.74, 6) is -2.67. The first-order valence-electron chi connectivity index (χ1n) is 9.43. The van der Waals surface area contributed by atoms with Crippen LogP contribution in [0.3, 0.4) is 0 Å². The molecule has 170 valence electrons. The number of benzene rings is 2. The molecule has 2 aromatic carbocycles. The van der Waals surface area contributed by atoms with E-state index in [1.807, 2.05) is 30.3 Å². The van der Waals surface area contributed by atoms with Gasteiger partial charge < -0.3 is 39.2 Å². The van der Waals surface area contributed by atoms with Crippen LogP contribution in [-0.4, -0.2) is 37.4 Å². The average Bonchev–Trinajstić information content (AvgIpc) is 2.82. The van der Waals surface area contributed by atoms with Crippen molar-refractivity contribution in [2.75, 3.05) is 14.2 Å². The maximum Gasteiger partial charge on any atom is 0.361 e. The molecule has 0 amide bonds. The number of allylic oxidation sites excluding steroid dienone is 1. The van der Waals surface area contributed by atoms with Gasteiger partial charge in [0.15, 0.2) is 12.0 Å². The van der Waals surface area contributed by atoms with Crippen molar-refractivity contribution in [2.24, 2.45) is 5.73 Å². The summed E-state index contributed by atoms with van der Waals surface area (Å²) >= 11 is 6.00. The topological polar surface area (TPSA) is 120 Å². The molecule has 8 nitrogen and oxygen atoms in total. The predicted molar refractivity (Wildman–Crippen MR) is 116 cm³/mol. The number of rotatable bonds is 5. The lowest BCUT2D eigenvalue weighted by Crippen LogP contribution is -3.00. The lowest BCUT2D eigenvalue weighted by molar-refractivity contribution is -0.616. The molecule has 1 aliphatic rings. The van der Waals surface area contributed by atoms with Gasteiger partial charge >= 0.3 is 11.9 Å². The van der Waals surface area contributed by atoms with Gasteiger partial charge in [0.25, 0.3) is 0 Å². The quantitative estimate of drug-likeness (QED) is 0.243. The first kappa shape index (κ1) is 25.9. The van der Waals surface area contributed by atoms with E-state index in [4.69, 9.17) is 26.8 Å². The lowest BCUT2D eigenvalue weighted by atomic mass is 9.81. The molecule has 0 saturated heterocycles. The Morgan fingerprint density at radius 1 is 1.09 bits per heavy atom. The molecule has 0 aromatic heterocycles. The van der Waals surface area contributed by atoms with Crippen molar-refractivity contribution in [1.29, 1.82) is 5.26 Å². The van der Waals surface area contributed by atoms with Crippen molar-refractivity contribution in [1.82, 2.24) is 5.01 Å². The van der Waals surface area contributed by atoms with Gasteiger partial charge in [-0.05, 0) is 29.8 Å². The van der Waals surface area contributed by atoms with Crippen LogP contribution in [0.2, 0.25) is 5.02 Å². The zero-order valence-corrected chi connectivity index (χ0v) is 20.6. The van der Waals surface area contributed by atoms with Gasteiger partial charge in [0, 0.05) is 10.6 Å². The number of hydrazine groups is 1. The zero-order valence-electron chi connectivity index (χ0n) is 17.7. The minimum atomic E-state index is -0.964. The van der Waals surface area contributed by atoms with E-state index in [9.17, 15) is 14.9 Å². The van der Waals surface area contributed by atoms with E-state index in [0.717, 1.165) is 10.6 Å². The second kappa shape index (κ2) is 11.5. The number of nitrogens with zero attached hydrogens (tertiary/aromatic N) is 2. The van der Waals surface area contributed by atoms with Crippen LogP contribution in [0.4, 0.5) is 0 Å². The summed E-state index contributed by atoms with van der Waals surface area (Å²) in [7, 11) is 2.37. The van der Waals surface area contributed by atoms with Crippen molar-refractivity contribution in [3.8, 4) is 6.07 Å². The second-order valence-corrected chi connectivity index (χ2v) is 7.10. The fourth-order valence-corrected chi connectivity index (χ4v) is 3.47. The van der Waals surface area contributed by atoms with Crippen LogP contribution in [0.1, 0.15) is 17.0 Å². The number of hydrazone groups is 1. The van der Waals surface area contributed by atoms with Crippen LogP contribution in [0.5, 0.6) is 0 Å². The van der Waals surface area contributed by atoms with E-state index in [2.05, 4.69) is 11.2 Å². The minimum absolute atomic E-state index is 0. The number of carbonyl (C=O) groups is 2. The SMILES string of the molecule is COC(=O)C1=C(C(=O)OC)N(/[NH+]=C/c2ccccc2)C(N)=C(C#N)C1c1ccc(Cl)cc1.[I-]. The number of hydrogen-bond acceptors (Lipinski definition) is 7. The van der Waals surface area contributed by atoms with Crippen molar-refractivity contribution in [3.05, 3.63) is 93.4 Å². The summed E-state index contributed by atoms with van der Waals surface area (Å²) in [4.78, 5) is 25.7. The van der Waals surface area contributed by atoms with Crippen LogP contribution < -0.4 is 34.8 Å². The van der Waals surface area contributed by atoms with E-state index in [0.29, 0.717) is 10.6 Å². The maximum absolute atomic E-state index is 12.9. The van der Waals surface area contributed by atoms with Crippen molar-refractivity contribution in [3.63, 3.8) is 0 Å². The summed E-state index contributed by atoms with van der Waals surface area (Å²) in [6.45, 7) is 0. The molecule has 1 aliphatic heterocycles. The number of methoxy groups -OCH3 is 2. The number of nitrogens with two attached hydrogens (primary N) is 1. The van der Waals surface area contributed by atoms with Crippen molar-refractivity contribution in [2.45, 2.75) is 5.92 Å². The second-order valence-electron chi connectivity index (χ2n) is 6.66. The molecule has 2 aromatic rings. The number of nitriles is 1. The van der Waals surface area contributed by atoms with Crippen LogP contribution in [0.25, 0.3) is 0 Å². The smallest absolute Gasteiger partial charge is 0.361 e. The molecule has 0 bridgehead atoms. The first-order valence-corrected chi connectivity index (χ1v) is 9.81. The first-order chi connectivity index (χ1) is 15.4. The van der Waals surface area contributed by atoms with E-state index >= 15 is 0 Å². The van der Waals surface area contributed by atoms with Gasteiger partial charge in [-0.1, -0.05) is 46.9 Å². The van der Waals surface area contributed by atoms with E-state index in [1.54, 1.807) is 30.5 Å². The van der Waals surface area contributed by atoms with E-state index in [1.165, 1.54) is 14.2 Å². The van der Waals surface area contributed by atoms with Gasteiger partial charge in [0.1, 0.15) is 0 Å². The predicted octanol–water partition coefficient (Wildman–Crippen LogP) is -1.85. The molecule has 1 heterocycles. The Hall–Kier alpha value is -3.36. The molecular weight excluding hydrogens is 559 g/mol. The third-order valence-electron chi connectivity index (χ3n) is 4.84. The lowest BCUT2D eigenvalue weighted by Gasteiger charge is -2.29. The Labute approximate surface area is 212 Å². The Kier molecular flexibility index (Phi) is 9.02. The number of carbonyl (C=O) groups excluding carboxylic acids is 2. The molecule has 0 radical (unpaired) electrons. The van der Waals surface area contributed by atoms with Crippen LogP contribution >= 0.6 is 11.6 Å². The zero-order chi connectivity index (χ0) is 23.3. The molecule has 3 N–H and O–H groups in total. The van der Waals surface area contributed by atoms with Crippen molar-refractivity contribution >= 4 is 29.8 Å². The Morgan fingerprint density at radius 3 is 2.24 bits per heavy atom. The third kappa shape index (κ3) is 5.35. The van der Waals surface area contributed by atoms with E-state index < -0.39 is 17.9 Å². The number of ether oxygens (including phenoxy) is 2. The summed E-state index contributed by atoms with van der Waals surface area (Å²) in [5.41, 5.74) is 7.38. The van der Waals surface area contributed by atoms with Crippen LogP contribution in [0.15, 0.2) is 77.3 Å². The van der Waals surface area contributed by atoms with Gasteiger partial charge in [-0.15, -0.1) is 5.10 Å². The highest BCUT2D eigenvalue weighted by atomic mass is 127.